The first-order chi connectivity index (χ1) is 32.1. The number of ether oxygens (including phenoxy) is 10. The highest BCUT2D eigenvalue weighted by Crippen LogP contribution is 2.13. The third-order valence-electron chi connectivity index (χ3n) is 9.09. The lowest BCUT2D eigenvalue weighted by molar-refractivity contribution is -0.198. The molecule has 372 valence electrons. The molecular formula is C41H62N4O21. The van der Waals surface area contributed by atoms with Crippen molar-refractivity contribution in [1.29, 1.82) is 0 Å². The second kappa shape index (κ2) is 34.5. The van der Waals surface area contributed by atoms with Crippen LogP contribution in [0.5, 0.6) is 0 Å². The Labute approximate surface area is 381 Å². The predicted octanol–water partition coefficient (Wildman–Crippen LogP) is -1.71. The molecule has 0 spiro atoms. The van der Waals surface area contributed by atoms with Gasteiger partial charge in [0, 0.05) is 50.9 Å². The minimum absolute atomic E-state index is 0.0234. The van der Waals surface area contributed by atoms with Crippen LogP contribution >= 0.6 is 0 Å². The molecule has 0 aromatic rings. The number of carbonyl (C=O) groups is 9. The van der Waals surface area contributed by atoms with Crippen molar-refractivity contribution in [3.8, 4) is 0 Å². The first kappa shape index (κ1) is 55.5. The van der Waals surface area contributed by atoms with Crippen molar-refractivity contribution in [2.75, 3.05) is 152 Å². The maximum Gasteiger partial charge on any atom is 0.335 e. The summed E-state index contributed by atoms with van der Waals surface area (Å²) in [5.41, 5.74) is 0. The van der Waals surface area contributed by atoms with E-state index in [0.29, 0.717) is 62.9 Å². The van der Waals surface area contributed by atoms with Crippen LogP contribution < -0.4 is 0 Å². The van der Waals surface area contributed by atoms with Gasteiger partial charge in [-0.15, -0.1) is 10.1 Å². The van der Waals surface area contributed by atoms with Crippen molar-refractivity contribution < 1.29 is 100 Å². The smallest absolute Gasteiger partial charge is 0.335 e. The van der Waals surface area contributed by atoms with Gasteiger partial charge in [-0.05, 0) is 0 Å². The molecule has 0 unspecified atom stereocenters. The molecular weight excluding hydrogens is 884 g/mol. The van der Waals surface area contributed by atoms with Gasteiger partial charge in [0.1, 0.15) is 0 Å². The van der Waals surface area contributed by atoms with Gasteiger partial charge in [0.05, 0.1) is 158 Å². The Morgan fingerprint density at radius 3 is 1.03 bits per heavy atom. The molecule has 7 amide bonds. The lowest BCUT2D eigenvalue weighted by Gasteiger charge is -2.23. The number of hydrogen-bond acceptors (Lipinski definition) is 21. The van der Waals surface area contributed by atoms with Crippen molar-refractivity contribution >= 4 is 53.3 Å². The lowest BCUT2D eigenvalue weighted by Crippen LogP contribution is -2.37. The average Bonchev–Trinajstić information content (AvgIpc) is 3.92. The normalized spacial score (nSPS) is 15.0. The minimum Gasteiger partial charge on any atom is -0.379 e. The first-order valence-electron chi connectivity index (χ1n) is 21.8. The molecule has 0 saturated carbocycles. The molecule has 0 aromatic heterocycles. The molecule has 0 aromatic carbocycles. The van der Waals surface area contributed by atoms with Crippen LogP contribution in [0.2, 0.25) is 0 Å². The fourth-order valence-electron chi connectivity index (χ4n) is 5.60. The van der Waals surface area contributed by atoms with Gasteiger partial charge in [-0.25, -0.2) is 9.59 Å². The van der Waals surface area contributed by atoms with E-state index >= 15 is 0 Å². The molecule has 66 heavy (non-hydrogen) atoms. The highest BCUT2D eigenvalue weighted by molar-refractivity contribution is 6.12. The highest BCUT2D eigenvalue weighted by atomic mass is 16.7. The first-order valence-corrected chi connectivity index (χ1v) is 21.8. The second-order valence-corrected chi connectivity index (χ2v) is 14.0. The highest BCUT2D eigenvalue weighted by Gasteiger charge is 2.33. The van der Waals surface area contributed by atoms with Crippen LogP contribution in [-0.2, 0) is 100 Å². The Morgan fingerprint density at radius 2 is 0.682 bits per heavy atom. The van der Waals surface area contributed by atoms with Gasteiger partial charge >= 0.3 is 11.9 Å². The molecule has 0 atom stereocenters. The Bertz CT molecular complexity index is 1450. The molecule has 3 rings (SSSR count). The fraction of sp³-hybridized carbons (Fsp3) is 0.732. The maximum absolute atomic E-state index is 13.1. The topological polar surface area (TPSA) is 277 Å². The standard InChI is InChI=1S/C41H62N4O21/c46-33(7-13-55-19-22-60-18-12-43-34(47)1-2-35(43)48)42(10-16-58-23-27-63-31-29-61-25-20-56-14-8-40(53)65-44-36(49)3-4-37(44)50)11-17-59-24-28-64-32-30-62-26-21-57-15-9-41(54)66-45-38(51)5-6-39(45)52/h1-2H,3-32H2. The minimum atomic E-state index is -0.741. The predicted molar refractivity (Wildman–Crippen MR) is 219 cm³/mol. The Hall–Kier alpha value is -4.83. The molecule has 0 aliphatic carbocycles. The molecule has 3 heterocycles. The molecule has 3 aliphatic rings. The van der Waals surface area contributed by atoms with Crippen LogP contribution in [0.1, 0.15) is 44.9 Å². The van der Waals surface area contributed by atoms with Crippen LogP contribution in [0.15, 0.2) is 12.2 Å². The maximum atomic E-state index is 13.1. The summed E-state index contributed by atoms with van der Waals surface area (Å²) in [6, 6.07) is 0. The number of rotatable bonds is 41. The van der Waals surface area contributed by atoms with Crippen LogP contribution in [0.4, 0.5) is 0 Å². The molecule has 25 nitrogen and oxygen atoms in total. The van der Waals surface area contributed by atoms with Gasteiger partial charge in [0.25, 0.3) is 35.4 Å². The van der Waals surface area contributed by atoms with Crippen molar-refractivity contribution in [3.05, 3.63) is 12.2 Å². The summed E-state index contributed by atoms with van der Waals surface area (Å²) in [5, 5.41) is 0.984. The van der Waals surface area contributed by atoms with Gasteiger partial charge in [0.15, 0.2) is 0 Å². The van der Waals surface area contributed by atoms with Crippen LogP contribution in [-0.4, -0.2) is 225 Å². The van der Waals surface area contributed by atoms with E-state index in [4.69, 9.17) is 57.0 Å². The Morgan fingerprint density at radius 1 is 0.394 bits per heavy atom. The van der Waals surface area contributed by atoms with Gasteiger partial charge in [0.2, 0.25) is 5.91 Å². The van der Waals surface area contributed by atoms with Crippen molar-refractivity contribution in [1.82, 2.24) is 19.9 Å². The number of hydroxylamine groups is 4. The van der Waals surface area contributed by atoms with E-state index < -0.39 is 35.6 Å². The van der Waals surface area contributed by atoms with Crippen LogP contribution in [0, 0.1) is 0 Å². The number of hydrogen-bond donors (Lipinski definition) is 0. The van der Waals surface area contributed by atoms with Gasteiger partial charge < -0.3 is 61.9 Å². The fourth-order valence-corrected chi connectivity index (χ4v) is 5.60. The largest absolute Gasteiger partial charge is 0.379 e. The molecule has 25 heteroatoms. The number of nitrogens with zero attached hydrogens (tertiary/aromatic N) is 4. The van der Waals surface area contributed by atoms with E-state index in [2.05, 4.69) is 0 Å². The number of imide groups is 3. The van der Waals surface area contributed by atoms with Gasteiger partial charge in [-0.1, -0.05) is 0 Å². The molecule has 0 radical (unpaired) electrons. The lowest BCUT2D eigenvalue weighted by atomic mass is 10.3. The van der Waals surface area contributed by atoms with Crippen molar-refractivity contribution in [2.45, 2.75) is 44.9 Å². The quantitative estimate of drug-likeness (QED) is 0.0487. The van der Waals surface area contributed by atoms with E-state index in [0.717, 1.165) is 4.90 Å². The molecule has 0 bridgehead atoms. The van der Waals surface area contributed by atoms with Gasteiger partial charge in [-0.3, -0.25) is 38.5 Å². The SMILES string of the molecule is O=C(CCOCCOCCOCCOCCN(CCOCCOCCOCCOCCC(=O)ON1C(=O)CCC1=O)C(=O)CCOCCOCCN1C(=O)C=CC1=O)ON1C(=O)CCC1=O. The summed E-state index contributed by atoms with van der Waals surface area (Å²) in [5.74, 6) is -4.58. The third kappa shape index (κ3) is 24.1. The average molecular weight is 947 g/mol. The summed E-state index contributed by atoms with van der Waals surface area (Å²) < 4.78 is 54.8. The third-order valence-corrected chi connectivity index (χ3v) is 9.09. The van der Waals surface area contributed by atoms with E-state index in [9.17, 15) is 43.2 Å². The summed E-state index contributed by atoms with van der Waals surface area (Å²) in [7, 11) is 0. The summed E-state index contributed by atoms with van der Waals surface area (Å²) in [6.45, 7) is 5.38. The van der Waals surface area contributed by atoms with Crippen LogP contribution in [0.25, 0.3) is 0 Å². The van der Waals surface area contributed by atoms with E-state index in [1.54, 1.807) is 4.90 Å². The summed E-state index contributed by atoms with van der Waals surface area (Å²) in [6.07, 6.45) is 2.37. The van der Waals surface area contributed by atoms with E-state index in [1.807, 2.05) is 0 Å². The second-order valence-electron chi connectivity index (χ2n) is 14.0. The Kier molecular flexibility index (Phi) is 29.0. The monoisotopic (exact) mass is 946 g/mol. The molecule has 2 fully saturated rings. The zero-order chi connectivity index (χ0) is 47.6. The van der Waals surface area contributed by atoms with Crippen molar-refractivity contribution in [3.63, 3.8) is 0 Å². The van der Waals surface area contributed by atoms with E-state index in [1.165, 1.54) is 12.2 Å². The summed E-state index contributed by atoms with van der Waals surface area (Å²) in [4.78, 5) is 118. The summed E-state index contributed by atoms with van der Waals surface area (Å²) >= 11 is 0. The van der Waals surface area contributed by atoms with E-state index in [-0.39, 0.29) is 162 Å². The number of carbonyl (C=O) groups excluding carboxylic acids is 9. The zero-order valence-electron chi connectivity index (χ0n) is 37.2. The molecule has 3 aliphatic heterocycles. The molecule has 2 saturated heterocycles. The molecule has 0 N–H and O–H groups in total. The van der Waals surface area contributed by atoms with Crippen LogP contribution in [0.3, 0.4) is 0 Å². The van der Waals surface area contributed by atoms with Crippen molar-refractivity contribution in [2.24, 2.45) is 0 Å². The van der Waals surface area contributed by atoms with Gasteiger partial charge in [-0.2, -0.15) is 0 Å². The number of amides is 7. The zero-order valence-corrected chi connectivity index (χ0v) is 37.2. The Balaban J connectivity index is 1.17.